The van der Waals surface area contributed by atoms with Crippen molar-refractivity contribution in [1.29, 1.82) is 0 Å². The van der Waals surface area contributed by atoms with E-state index >= 15 is 0 Å². The Morgan fingerprint density at radius 2 is 1.77 bits per heavy atom. The fourth-order valence-electron chi connectivity index (χ4n) is 2.87. The topological polar surface area (TPSA) is 38.3 Å². The highest BCUT2D eigenvalue weighted by atomic mass is 16.5. The second-order valence-electron chi connectivity index (χ2n) is 6.06. The summed E-state index contributed by atoms with van der Waals surface area (Å²) in [6.07, 6.45) is 0.212. The first-order chi connectivity index (χ1) is 10.6. The van der Waals surface area contributed by atoms with Crippen LogP contribution in [0.5, 0.6) is 5.75 Å². The molecular formula is C19H21NO2. The van der Waals surface area contributed by atoms with Crippen LogP contribution >= 0.6 is 0 Å². The molecule has 1 heterocycles. The predicted molar refractivity (Wildman–Crippen MR) is 86.7 cm³/mol. The van der Waals surface area contributed by atoms with Gasteiger partial charge in [-0.05, 0) is 23.1 Å². The van der Waals surface area contributed by atoms with Crippen LogP contribution in [0.3, 0.4) is 0 Å². The first-order valence-corrected chi connectivity index (χ1v) is 7.75. The van der Waals surface area contributed by atoms with Crippen LogP contribution in [-0.4, -0.2) is 12.0 Å². The number of carbonyl (C=O) groups excluding carboxylic acids is 1. The summed E-state index contributed by atoms with van der Waals surface area (Å²) in [5.74, 6) is 1.09. The summed E-state index contributed by atoms with van der Waals surface area (Å²) in [7, 11) is 0. The van der Waals surface area contributed by atoms with E-state index in [0.29, 0.717) is 12.3 Å². The van der Waals surface area contributed by atoms with E-state index in [1.165, 1.54) is 0 Å². The van der Waals surface area contributed by atoms with Gasteiger partial charge in [-0.25, -0.2) is 0 Å². The molecule has 2 aromatic rings. The highest BCUT2D eigenvalue weighted by Crippen LogP contribution is 2.29. The van der Waals surface area contributed by atoms with E-state index in [9.17, 15) is 4.79 Å². The van der Waals surface area contributed by atoms with Crippen LogP contribution in [0.2, 0.25) is 0 Å². The molecule has 0 aromatic heterocycles. The smallest absolute Gasteiger partial charge is 0.261 e. The minimum Gasteiger partial charge on any atom is -0.480 e. The summed E-state index contributed by atoms with van der Waals surface area (Å²) in [4.78, 5) is 12.6. The van der Waals surface area contributed by atoms with E-state index in [2.05, 4.69) is 31.3 Å². The van der Waals surface area contributed by atoms with Crippen LogP contribution < -0.4 is 10.1 Å². The molecule has 0 radical (unpaired) electrons. The molecule has 0 bridgehead atoms. The van der Waals surface area contributed by atoms with Gasteiger partial charge >= 0.3 is 0 Å². The van der Waals surface area contributed by atoms with Gasteiger partial charge in [-0.3, -0.25) is 4.79 Å². The number of ether oxygens (including phenoxy) is 1. The van der Waals surface area contributed by atoms with Gasteiger partial charge in [0.1, 0.15) is 5.75 Å². The standard InChI is InChI=1S/C19H21NO2/c1-13(2)18(14-8-4-3-5-9-14)20-19(21)17-12-15-10-6-7-11-16(15)22-17/h3-11,13,17-18H,12H2,1-2H3,(H,20,21). The number of nitrogens with one attached hydrogen (secondary N) is 1. The molecule has 1 amide bonds. The number of rotatable bonds is 4. The number of para-hydroxylation sites is 1. The van der Waals surface area contributed by atoms with E-state index in [1.54, 1.807) is 0 Å². The molecule has 2 aromatic carbocycles. The number of hydrogen-bond acceptors (Lipinski definition) is 2. The third-order valence-corrected chi connectivity index (χ3v) is 4.06. The summed E-state index contributed by atoms with van der Waals surface area (Å²) in [5, 5.41) is 3.15. The molecule has 0 aliphatic carbocycles. The van der Waals surface area contributed by atoms with Crippen LogP contribution in [0, 0.1) is 5.92 Å². The van der Waals surface area contributed by atoms with Crippen molar-refractivity contribution in [3.8, 4) is 5.75 Å². The zero-order chi connectivity index (χ0) is 15.5. The van der Waals surface area contributed by atoms with E-state index < -0.39 is 6.10 Å². The molecule has 0 saturated heterocycles. The largest absolute Gasteiger partial charge is 0.480 e. The fraction of sp³-hybridized carbons (Fsp3) is 0.316. The monoisotopic (exact) mass is 295 g/mol. The van der Waals surface area contributed by atoms with E-state index in [-0.39, 0.29) is 11.9 Å². The molecule has 3 rings (SSSR count). The summed E-state index contributed by atoms with van der Waals surface area (Å²) in [6, 6.07) is 17.9. The highest BCUT2D eigenvalue weighted by molar-refractivity contribution is 5.83. The van der Waals surface area contributed by atoms with Gasteiger partial charge < -0.3 is 10.1 Å². The Balaban J connectivity index is 1.71. The average molecular weight is 295 g/mol. The zero-order valence-electron chi connectivity index (χ0n) is 13.0. The van der Waals surface area contributed by atoms with Crippen molar-refractivity contribution in [1.82, 2.24) is 5.32 Å². The lowest BCUT2D eigenvalue weighted by Gasteiger charge is -2.24. The Morgan fingerprint density at radius 1 is 1.09 bits per heavy atom. The number of benzene rings is 2. The van der Waals surface area contributed by atoms with Crippen LogP contribution in [0.25, 0.3) is 0 Å². The SMILES string of the molecule is CC(C)C(NC(=O)C1Cc2ccccc2O1)c1ccccc1. The van der Waals surface area contributed by atoms with Gasteiger partial charge in [0.2, 0.25) is 0 Å². The van der Waals surface area contributed by atoms with Gasteiger partial charge in [0.05, 0.1) is 6.04 Å². The molecule has 1 aliphatic heterocycles. The predicted octanol–water partition coefficient (Wildman–Crippen LogP) is 3.50. The molecule has 1 aliphatic rings. The second kappa shape index (κ2) is 6.22. The van der Waals surface area contributed by atoms with Gasteiger partial charge in [-0.2, -0.15) is 0 Å². The molecular weight excluding hydrogens is 274 g/mol. The van der Waals surface area contributed by atoms with Gasteiger partial charge in [0.25, 0.3) is 5.91 Å². The van der Waals surface area contributed by atoms with Gasteiger partial charge in [0.15, 0.2) is 6.10 Å². The molecule has 0 saturated carbocycles. The van der Waals surface area contributed by atoms with Gasteiger partial charge in [-0.1, -0.05) is 62.4 Å². The lowest BCUT2D eigenvalue weighted by Crippen LogP contribution is -2.41. The lowest BCUT2D eigenvalue weighted by atomic mass is 9.95. The van der Waals surface area contributed by atoms with Gasteiger partial charge in [0, 0.05) is 6.42 Å². The third kappa shape index (κ3) is 2.98. The lowest BCUT2D eigenvalue weighted by molar-refractivity contribution is -0.128. The number of fused-ring (bicyclic) bond motifs is 1. The van der Waals surface area contributed by atoms with Crippen LogP contribution in [0.15, 0.2) is 54.6 Å². The van der Waals surface area contributed by atoms with Crippen LogP contribution in [-0.2, 0) is 11.2 Å². The maximum absolute atomic E-state index is 12.6. The number of hydrogen-bond donors (Lipinski definition) is 1. The maximum Gasteiger partial charge on any atom is 0.261 e. The first kappa shape index (κ1) is 14.6. The summed E-state index contributed by atoms with van der Waals surface area (Å²) < 4.78 is 5.77. The van der Waals surface area contributed by atoms with Crippen molar-refractivity contribution in [2.45, 2.75) is 32.4 Å². The Labute approximate surface area is 131 Å². The molecule has 1 N–H and O–H groups in total. The van der Waals surface area contributed by atoms with E-state index in [4.69, 9.17) is 4.74 Å². The van der Waals surface area contributed by atoms with Crippen molar-refractivity contribution in [3.63, 3.8) is 0 Å². The van der Waals surface area contributed by atoms with E-state index in [0.717, 1.165) is 16.9 Å². The molecule has 0 fully saturated rings. The van der Waals surface area contributed by atoms with Crippen molar-refractivity contribution in [3.05, 3.63) is 65.7 Å². The molecule has 3 nitrogen and oxygen atoms in total. The number of amides is 1. The minimum absolute atomic E-state index is 0.000937. The molecule has 114 valence electrons. The number of carbonyl (C=O) groups is 1. The van der Waals surface area contributed by atoms with Crippen LogP contribution in [0.1, 0.15) is 31.0 Å². The van der Waals surface area contributed by atoms with Crippen molar-refractivity contribution >= 4 is 5.91 Å². The third-order valence-electron chi connectivity index (χ3n) is 4.06. The van der Waals surface area contributed by atoms with Crippen molar-refractivity contribution in [2.24, 2.45) is 5.92 Å². The Bertz CT molecular complexity index is 626. The summed E-state index contributed by atoms with van der Waals surface area (Å²) >= 11 is 0. The summed E-state index contributed by atoms with van der Waals surface area (Å²) in [6.45, 7) is 4.23. The van der Waals surface area contributed by atoms with Crippen molar-refractivity contribution < 1.29 is 9.53 Å². The normalized spacial score (nSPS) is 17.7. The Kier molecular flexibility index (Phi) is 4.14. The minimum atomic E-state index is -0.428. The zero-order valence-corrected chi connectivity index (χ0v) is 13.0. The summed E-state index contributed by atoms with van der Waals surface area (Å²) in [5.41, 5.74) is 2.23. The molecule has 3 heteroatoms. The average Bonchev–Trinajstić information content (AvgIpc) is 2.97. The molecule has 0 spiro atoms. The Hall–Kier alpha value is -2.29. The fourth-order valence-corrected chi connectivity index (χ4v) is 2.87. The molecule has 22 heavy (non-hydrogen) atoms. The molecule has 2 unspecified atom stereocenters. The maximum atomic E-state index is 12.6. The van der Waals surface area contributed by atoms with Crippen molar-refractivity contribution in [2.75, 3.05) is 0 Å². The van der Waals surface area contributed by atoms with E-state index in [1.807, 2.05) is 42.5 Å². The van der Waals surface area contributed by atoms with Gasteiger partial charge in [-0.15, -0.1) is 0 Å². The molecule has 2 atom stereocenters. The Morgan fingerprint density at radius 3 is 2.45 bits per heavy atom. The second-order valence-corrected chi connectivity index (χ2v) is 6.06. The quantitative estimate of drug-likeness (QED) is 0.937. The van der Waals surface area contributed by atoms with Crippen LogP contribution in [0.4, 0.5) is 0 Å². The first-order valence-electron chi connectivity index (χ1n) is 7.75. The highest BCUT2D eigenvalue weighted by Gasteiger charge is 2.30.